The van der Waals surface area contributed by atoms with Gasteiger partial charge in [0.05, 0.1) is 12.7 Å². The first-order valence-electron chi connectivity index (χ1n) is 10.0. The fraction of sp³-hybridized carbons (Fsp3) is 0.591. The molecule has 0 aromatic heterocycles. The van der Waals surface area contributed by atoms with E-state index in [1.165, 1.54) is 7.11 Å². The summed E-state index contributed by atoms with van der Waals surface area (Å²) in [7, 11) is 1.30. The Balaban J connectivity index is 3.16. The van der Waals surface area contributed by atoms with Crippen molar-refractivity contribution in [2.24, 2.45) is 5.73 Å². The summed E-state index contributed by atoms with van der Waals surface area (Å²) in [6.07, 6.45) is 0.213. The zero-order valence-electron chi connectivity index (χ0n) is 19.0. The number of hydrogen-bond acceptors (Lipinski definition) is 6. The number of hydrogen-bond donors (Lipinski definition) is 3. The highest BCUT2D eigenvalue weighted by molar-refractivity contribution is 5.99. The molecule has 168 valence electrons. The molecule has 8 heteroatoms. The Bertz CT molecular complexity index is 763. The van der Waals surface area contributed by atoms with Gasteiger partial charge < -0.3 is 25.8 Å². The maximum atomic E-state index is 13.0. The molecule has 0 radical (unpaired) electrons. The molecule has 1 unspecified atom stereocenters. The molecule has 30 heavy (non-hydrogen) atoms. The Morgan fingerprint density at radius 1 is 1.10 bits per heavy atom. The molecule has 0 aliphatic carbocycles. The van der Waals surface area contributed by atoms with Crippen LogP contribution in [0.2, 0.25) is 0 Å². The van der Waals surface area contributed by atoms with Crippen LogP contribution in [0.15, 0.2) is 18.2 Å². The summed E-state index contributed by atoms with van der Waals surface area (Å²) in [5.41, 5.74) is 6.26. The Morgan fingerprint density at radius 2 is 1.73 bits per heavy atom. The van der Waals surface area contributed by atoms with Crippen LogP contribution in [0.25, 0.3) is 0 Å². The van der Waals surface area contributed by atoms with Crippen LogP contribution in [0.4, 0.5) is 10.5 Å². The van der Waals surface area contributed by atoms with Gasteiger partial charge >= 0.3 is 12.1 Å². The molecule has 1 aromatic rings. The molecule has 0 spiro atoms. The first-order chi connectivity index (χ1) is 13.8. The number of benzene rings is 1. The van der Waals surface area contributed by atoms with E-state index in [0.717, 1.165) is 5.56 Å². The molecule has 0 saturated heterocycles. The molecule has 8 nitrogen and oxygen atoms in total. The van der Waals surface area contributed by atoms with Gasteiger partial charge in [-0.3, -0.25) is 4.79 Å². The minimum atomic E-state index is -0.835. The predicted octanol–water partition coefficient (Wildman–Crippen LogP) is 3.34. The van der Waals surface area contributed by atoms with Crippen LogP contribution in [-0.2, 0) is 19.7 Å². The van der Waals surface area contributed by atoms with Crippen molar-refractivity contribution in [2.45, 2.75) is 71.4 Å². The zero-order valence-corrected chi connectivity index (χ0v) is 19.0. The van der Waals surface area contributed by atoms with Crippen molar-refractivity contribution in [2.75, 3.05) is 19.0 Å². The summed E-state index contributed by atoms with van der Waals surface area (Å²) in [4.78, 5) is 37.1. The number of carbonyl (C=O) groups is 3. The number of nitrogens with two attached hydrogens (primary N) is 1. The van der Waals surface area contributed by atoms with E-state index in [4.69, 9.17) is 15.2 Å². The van der Waals surface area contributed by atoms with Gasteiger partial charge in [-0.2, -0.15) is 0 Å². The van der Waals surface area contributed by atoms with E-state index in [9.17, 15) is 14.4 Å². The molecule has 0 bridgehead atoms. The Hall–Kier alpha value is -2.61. The second-order valence-electron chi connectivity index (χ2n) is 9.12. The number of ether oxygens (including phenoxy) is 2. The highest BCUT2D eigenvalue weighted by Crippen LogP contribution is 2.31. The van der Waals surface area contributed by atoms with Crippen LogP contribution >= 0.6 is 0 Å². The molecule has 2 amide bonds. The van der Waals surface area contributed by atoms with Crippen molar-refractivity contribution in [1.82, 2.24) is 5.32 Å². The Morgan fingerprint density at radius 3 is 2.23 bits per heavy atom. The van der Waals surface area contributed by atoms with E-state index in [-0.39, 0.29) is 5.41 Å². The molecule has 0 aliphatic heterocycles. The molecular formula is C22H35N3O5. The Kier molecular flexibility index (Phi) is 8.84. The number of carbonyl (C=O) groups excluding carboxylic acids is 3. The lowest BCUT2D eigenvalue weighted by atomic mass is 9.85. The standard InChI is InChI=1S/C22H35N3O5/c1-21(2,3)15-11-10-14(19(27)29-7)13-17(15)24-18(26)16(9-8-12-23)25-20(28)30-22(4,5)6/h10-11,13,16H,8-9,12,23H2,1-7H3,(H,24,26)(H,25,28). The van der Waals surface area contributed by atoms with E-state index in [1.807, 2.05) is 20.8 Å². The minimum absolute atomic E-state index is 0.289. The fourth-order valence-electron chi connectivity index (χ4n) is 2.81. The second-order valence-corrected chi connectivity index (χ2v) is 9.12. The molecule has 1 atom stereocenters. The van der Waals surface area contributed by atoms with E-state index < -0.39 is 29.6 Å². The van der Waals surface area contributed by atoms with Gasteiger partial charge in [-0.1, -0.05) is 26.8 Å². The van der Waals surface area contributed by atoms with Crippen LogP contribution in [0.1, 0.15) is 70.3 Å². The smallest absolute Gasteiger partial charge is 0.408 e. The SMILES string of the molecule is COC(=O)c1ccc(C(C)(C)C)c(NC(=O)C(CCCN)NC(=O)OC(C)(C)C)c1. The summed E-state index contributed by atoms with van der Waals surface area (Å²) in [6.45, 7) is 11.6. The van der Waals surface area contributed by atoms with E-state index in [1.54, 1.807) is 39.0 Å². The first-order valence-corrected chi connectivity index (χ1v) is 10.0. The normalized spacial score (nSPS) is 12.7. The third-order valence-corrected chi connectivity index (χ3v) is 4.21. The number of nitrogens with one attached hydrogen (secondary N) is 2. The number of alkyl carbamates (subject to hydrolysis) is 1. The van der Waals surface area contributed by atoms with Crippen molar-refractivity contribution in [3.63, 3.8) is 0 Å². The third kappa shape index (κ3) is 8.02. The topological polar surface area (TPSA) is 120 Å². The van der Waals surface area contributed by atoms with Crippen LogP contribution in [0.3, 0.4) is 0 Å². The third-order valence-electron chi connectivity index (χ3n) is 4.21. The highest BCUT2D eigenvalue weighted by Gasteiger charge is 2.26. The number of rotatable bonds is 7. The van der Waals surface area contributed by atoms with Crippen LogP contribution in [0.5, 0.6) is 0 Å². The van der Waals surface area contributed by atoms with E-state index >= 15 is 0 Å². The van der Waals surface area contributed by atoms with Gasteiger partial charge in [0.25, 0.3) is 0 Å². The Labute approximate surface area is 178 Å². The molecule has 1 rings (SSSR count). The van der Waals surface area contributed by atoms with Crippen molar-refractivity contribution in [3.05, 3.63) is 29.3 Å². The van der Waals surface area contributed by atoms with Gasteiger partial charge in [0.15, 0.2) is 0 Å². The number of anilines is 1. The molecular weight excluding hydrogens is 386 g/mol. The number of methoxy groups -OCH3 is 1. The van der Waals surface area contributed by atoms with Gasteiger partial charge in [-0.25, -0.2) is 9.59 Å². The highest BCUT2D eigenvalue weighted by atomic mass is 16.6. The van der Waals surface area contributed by atoms with E-state index in [2.05, 4.69) is 10.6 Å². The van der Waals surface area contributed by atoms with Crippen molar-refractivity contribution >= 4 is 23.7 Å². The maximum Gasteiger partial charge on any atom is 0.408 e. The summed E-state index contributed by atoms with van der Waals surface area (Å²) < 4.78 is 10.1. The lowest BCUT2D eigenvalue weighted by Crippen LogP contribution is -2.46. The average Bonchev–Trinajstić information content (AvgIpc) is 2.61. The first kappa shape index (κ1) is 25.4. The number of amides is 2. The second kappa shape index (κ2) is 10.4. The van der Waals surface area contributed by atoms with Crippen molar-refractivity contribution < 1.29 is 23.9 Å². The van der Waals surface area contributed by atoms with Gasteiger partial charge in [0, 0.05) is 5.69 Å². The molecule has 0 saturated carbocycles. The molecule has 4 N–H and O–H groups in total. The summed E-state index contributed by atoms with van der Waals surface area (Å²) in [5, 5.41) is 5.47. The largest absolute Gasteiger partial charge is 0.465 e. The van der Waals surface area contributed by atoms with Crippen LogP contribution < -0.4 is 16.4 Å². The molecule has 0 aliphatic rings. The summed E-state index contributed by atoms with van der Waals surface area (Å²) in [6, 6.07) is 4.20. The predicted molar refractivity (Wildman–Crippen MR) is 117 cm³/mol. The average molecular weight is 422 g/mol. The fourth-order valence-corrected chi connectivity index (χ4v) is 2.81. The van der Waals surface area contributed by atoms with Gasteiger partial charge in [0.1, 0.15) is 11.6 Å². The lowest BCUT2D eigenvalue weighted by molar-refractivity contribution is -0.118. The summed E-state index contributed by atoms with van der Waals surface area (Å²) >= 11 is 0. The minimum Gasteiger partial charge on any atom is -0.465 e. The molecule has 1 aromatic carbocycles. The summed E-state index contributed by atoms with van der Waals surface area (Å²) in [5.74, 6) is -0.917. The van der Waals surface area contributed by atoms with Gasteiger partial charge in [0.2, 0.25) is 5.91 Å². The van der Waals surface area contributed by atoms with Crippen molar-refractivity contribution in [3.8, 4) is 0 Å². The monoisotopic (exact) mass is 421 g/mol. The quantitative estimate of drug-likeness (QED) is 0.581. The number of esters is 1. The van der Waals surface area contributed by atoms with Crippen LogP contribution in [0, 0.1) is 0 Å². The molecule has 0 fully saturated rings. The van der Waals surface area contributed by atoms with Crippen LogP contribution in [-0.4, -0.2) is 43.3 Å². The maximum absolute atomic E-state index is 13.0. The molecule has 0 heterocycles. The van der Waals surface area contributed by atoms with Crippen molar-refractivity contribution in [1.29, 1.82) is 0 Å². The lowest BCUT2D eigenvalue weighted by Gasteiger charge is -2.26. The van der Waals surface area contributed by atoms with E-state index in [0.29, 0.717) is 30.6 Å². The zero-order chi connectivity index (χ0) is 23.1. The van der Waals surface area contributed by atoms with Gasteiger partial charge in [-0.05, 0) is 63.3 Å². The van der Waals surface area contributed by atoms with Gasteiger partial charge in [-0.15, -0.1) is 0 Å².